The van der Waals surface area contributed by atoms with Gasteiger partial charge in [0.2, 0.25) is 0 Å². The van der Waals surface area contributed by atoms with E-state index in [1.165, 1.54) is 26.4 Å². The molecule has 4 nitrogen and oxygen atoms in total. The van der Waals surface area contributed by atoms with Crippen molar-refractivity contribution in [1.82, 2.24) is 0 Å². The first-order valence-corrected chi connectivity index (χ1v) is 7.37. The smallest absolute Gasteiger partial charge is 0.190 e. The minimum atomic E-state index is -0.159. The Morgan fingerprint density at radius 2 is 2.10 bits per heavy atom. The van der Waals surface area contributed by atoms with Crippen LogP contribution in [0.3, 0.4) is 0 Å². The molecular formula is C15H21ClN2O2. The maximum absolute atomic E-state index is 11.8. The molecule has 0 aliphatic heterocycles. The highest BCUT2D eigenvalue weighted by Crippen LogP contribution is 2.30. The fraction of sp³-hybridized carbons (Fsp3) is 0.533. The number of halogens is 1. The van der Waals surface area contributed by atoms with Crippen molar-refractivity contribution in [2.75, 3.05) is 24.8 Å². The van der Waals surface area contributed by atoms with E-state index < -0.39 is 0 Å². The van der Waals surface area contributed by atoms with Crippen LogP contribution in [0.25, 0.3) is 0 Å². The largest absolute Gasteiger partial charge is 0.397 e. The molecule has 0 heterocycles. The number of nitrogens with one attached hydrogen (secondary N) is 1. The number of anilines is 2. The van der Waals surface area contributed by atoms with Crippen LogP contribution in [0, 0.1) is 0 Å². The van der Waals surface area contributed by atoms with Gasteiger partial charge in [0, 0.05) is 18.7 Å². The van der Waals surface area contributed by atoms with Gasteiger partial charge in [-0.25, -0.2) is 0 Å². The third-order valence-corrected chi connectivity index (χ3v) is 3.99. The second kappa shape index (κ2) is 6.95. The van der Waals surface area contributed by atoms with Crippen LogP contribution in [0.15, 0.2) is 12.1 Å². The molecule has 1 aliphatic rings. The Kier molecular flexibility index (Phi) is 5.26. The summed E-state index contributed by atoms with van der Waals surface area (Å²) in [7, 11) is 1.48. The number of Topliss-reactive ketones (excluding diaryl/α,β-unsaturated/α-hetero) is 1. The molecule has 2 rings (SSSR count). The van der Waals surface area contributed by atoms with Gasteiger partial charge < -0.3 is 15.8 Å². The maximum atomic E-state index is 11.8. The van der Waals surface area contributed by atoms with E-state index in [0.29, 0.717) is 22.3 Å². The molecule has 1 saturated carbocycles. The van der Waals surface area contributed by atoms with E-state index in [2.05, 4.69) is 5.32 Å². The van der Waals surface area contributed by atoms with Gasteiger partial charge in [-0.1, -0.05) is 30.9 Å². The molecule has 0 unspecified atom stereocenters. The van der Waals surface area contributed by atoms with Crippen LogP contribution in [0.5, 0.6) is 0 Å². The van der Waals surface area contributed by atoms with Gasteiger partial charge in [-0.15, -0.1) is 0 Å². The first-order chi connectivity index (χ1) is 9.61. The number of methoxy groups -OCH3 is 1. The fourth-order valence-corrected chi connectivity index (χ4v) is 2.87. The summed E-state index contributed by atoms with van der Waals surface area (Å²) in [5, 5.41) is 3.85. The van der Waals surface area contributed by atoms with E-state index in [1.54, 1.807) is 12.1 Å². The van der Waals surface area contributed by atoms with E-state index in [9.17, 15) is 4.79 Å². The van der Waals surface area contributed by atoms with Gasteiger partial charge in [-0.05, 0) is 25.0 Å². The van der Waals surface area contributed by atoms with Crippen LogP contribution < -0.4 is 11.1 Å². The molecular weight excluding hydrogens is 276 g/mol. The first-order valence-electron chi connectivity index (χ1n) is 6.99. The average Bonchev–Trinajstić information content (AvgIpc) is 2.44. The third kappa shape index (κ3) is 3.64. The molecule has 0 saturated heterocycles. The van der Waals surface area contributed by atoms with E-state index in [0.717, 1.165) is 18.5 Å². The second-order valence-corrected chi connectivity index (χ2v) is 5.66. The summed E-state index contributed by atoms with van der Waals surface area (Å²) in [6.45, 7) is 0.00849. The van der Waals surface area contributed by atoms with Gasteiger partial charge in [-0.2, -0.15) is 0 Å². The number of ether oxygens (including phenoxy) is 1. The van der Waals surface area contributed by atoms with Crippen LogP contribution >= 0.6 is 11.6 Å². The van der Waals surface area contributed by atoms with Crippen molar-refractivity contribution in [2.45, 2.75) is 38.1 Å². The average molecular weight is 297 g/mol. The molecule has 1 aromatic carbocycles. The predicted molar refractivity (Wildman–Crippen MR) is 82.6 cm³/mol. The van der Waals surface area contributed by atoms with E-state index in [-0.39, 0.29) is 12.4 Å². The lowest BCUT2D eigenvalue weighted by molar-refractivity contribution is 0.0848. The lowest BCUT2D eigenvalue weighted by atomic mass is 9.95. The topological polar surface area (TPSA) is 64.3 Å². The summed E-state index contributed by atoms with van der Waals surface area (Å²) < 4.78 is 4.84. The fourth-order valence-electron chi connectivity index (χ4n) is 2.60. The molecule has 1 fully saturated rings. The first kappa shape index (κ1) is 15.1. The van der Waals surface area contributed by atoms with Crippen molar-refractivity contribution in [3.8, 4) is 0 Å². The molecule has 0 atom stereocenters. The van der Waals surface area contributed by atoms with Gasteiger partial charge in [0.05, 0.1) is 16.4 Å². The Bertz CT molecular complexity index is 485. The minimum Gasteiger partial charge on any atom is -0.397 e. The quantitative estimate of drug-likeness (QED) is 0.645. The van der Waals surface area contributed by atoms with Crippen molar-refractivity contribution in [1.29, 1.82) is 0 Å². The Morgan fingerprint density at radius 1 is 1.40 bits per heavy atom. The summed E-state index contributed by atoms with van der Waals surface area (Å²) in [5.74, 6) is -0.159. The Balaban J connectivity index is 2.14. The number of hydrogen-bond donors (Lipinski definition) is 2. The number of hydrogen-bond acceptors (Lipinski definition) is 4. The normalized spacial score (nSPS) is 16.1. The zero-order valence-electron chi connectivity index (χ0n) is 11.7. The highest BCUT2D eigenvalue weighted by Gasteiger charge is 2.17. The van der Waals surface area contributed by atoms with Crippen molar-refractivity contribution >= 4 is 28.8 Å². The van der Waals surface area contributed by atoms with Crippen molar-refractivity contribution in [2.24, 2.45) is 0 Å². The number of carbonyl (C=O) groups is 1. The van der Waals surface area contributed by atoms with Gasteiger partial charge in [0.25, 0.3) is 0 Å². The SMILES string of the molecule is COCC(=O)c1cc(N)c(NC2CCCCC2)cc1Cl. The Labute approximate surface area is 124 Å². The highest BCUT2D eigenvalue weighted by molar-refractivity contribution is 6.34. The van der Waals surface area contributed by atoms with Crippen molar-refractivity contribution in [3.63, 3.8) is 0 Å². The minimum absolute atomic E-state index is 0.00849. The number of nitrogens with two attached hydrogens (primary N) is 1. The monoisotopic (exact) mass is 296 g/mol. The summed E-state index contributed by atoms with van der Waals surface area (Å²) >= 11 is 6.18. The second-order valence-electron chi connectivity index (χ2n) is 5.25. The zero-order chi connectivity index (χ0) is 14.5. The number of ketones is 1. The molecule has 5 heteroatoms. The lowest BCUT2D eigenvalue weighted by Crippen LogP contribution is -2.23. The number of benzene rings is 1. The summed E-state index contributed by atoms with van der Waals surface area (Å²) in [5.41, 5.74) is 7.81. The predicted octanol–water partition coefficient (Wildman–Crippen LogP) is 3.50. The molecule has 1 aromatic rings. The van der Waals surface area contributed by atoms with Gasteiger partial charge >= 0.3 is 0 Å². The van der Waals surface area contributed by atoms with E-state index in [4.69, 9.17) is 22.1 Å². The van der Waals surface area contributed by atoms with Crippen LogP contribution in [-0.2, 0) is 4.74 Å². The Hall–Kier alpha value is -1.26. The molecule has 1 aliphatic carbocycles. The van der Waals surface area contributed by atoms with Crippen LogP contribution in [0.4, 0.5) is 11.4 Å². The van der Waals surface area contributed by atoms with Crippen molar-refractivity contribution in [3.05, 3.63) is 22.7 Å². The number of rotatable bonds is 5. The maximum Gasteiger partial charge on any atom is 0.190 e. The molecule has 0 spiro atoms. The van der Waals surface area contributed by atoms with Crippen LogP contribution in [0.1, 0.15) is 42.5 Å². The standard InChI is InChI=1S/C15H21ClN2O2/c1-20-9-15(19)11-7-13(17)14(8-12(11)16)18-10-5-3-2-4-6-10/h7-8,10,18H,2-6,9,17H2,1H3. The number of carbonyl (C=O) groups excluding carboxylic acids is 1. The molecule has 0 bridgehead atoms. The van der Waals surface area contributed by atoms with E-state index in [1.807, 2.05) is 0 Å². The number of nitrogen functional groups attached to an aromatic ring is 1. The molecule has 0 amide bonds. The summed E-state index contributed by atoms with van der Waals surface area (Å²) in [6, 6.07) is 3.83. The Morgan fingerprint density at radius 3 is 2.75 bits per heavy atom. The zero-order valence-corrected chi connectivity index (χ0v) is 12.5. The van der Waals surface area contributed by atoms with Gasteiger partial charge in [-0.3, -0.25) is 4.79 Å². The van der Waals surface area contributed by atoms with Gasteiger partial charge in [0.15, 0.2) is 5.78 Å². The van der Waals surface area contributed by atoms with E-state index >= 15 is 0 Å². The lowest BCUT2D eigenvalue weighted by Gasteiger charge is -2.25. The highest BCUT2D eigenvalue weighted by atomic mass is 35.5. The van der Waals surface area contributed by atoms with Crippen LogP contribution in [-0.4, -0.2) is 25.5 Å². The molecule has 0 aromatic heterocycles. The molecule has 20 heavy (non-hydrogen) atoms. The molecule has 3 N–H and O–H groups in total. The van der Waals surface area contributed by atoms with Crippen molar-refractivity contribution < 1.29 is 9.53 Å². The molecule has 110 valence electrons. The summed E-state index contributed by atoms with van der Waals surface area (Å²) in [4.78, 5) is 11.8. The summed E-state index contributed by atoms with van der Waals surface area (Å²) in [6.07, 6.45) is 6.10. The van der Waals surface area contributed by atoms with Gasteiger partial charge in [0.1, 0.15) is 6.61 Å². The third-order valence-electron chi connectivity index (χ3n) is 3.68. The van der Waals surface area contributed by atoms with Crippen LogP contribution in [0.2, 0.25) is 5.02 Å². The molecule has 0 radical (unpaired) electrons.